The van der Waals surface area contributed by atoms with E-state index in [9.17, 15) is 33.4 Å². The first-order chi connectivity index (χ1) is 13.6. The molecule has 0 aliphatic carbocycles. The Kier molecular flexibility index (Phi) is 6.49. The van der Waals surface area contributed by atoms with Gasteiger partial charge in [0.1, 0.15) is 6.54 Å². The third-order valence-electron chi connectivity index (χ3n) is 3.86. The van der Waals surface area contributed by atoms with Crippen LogP contribution < -0.4 is 4.31 Å². The highest BCUT2D eigenvalue weighted by molar-refractivity contribution is 7.93. The lowest BCUT2D eigenvalue weighted by Gasteiger charge is -2.24. The van der Waals surface area contributed by atoms with E-state index in [-0.39, 0.29) is 23.5 Å². The van der Waals surface area contributed by atoms with Crippen LogP contribution in [0.5, 0.6) is 0 Å². The van der Waals surface area contributed by atoms with E-state index in [0.717, 1.165) is 24.3 Å². The van der Waals surface area contributed by atoms with Crippen LogP contribution in [0.1, 0.15) is 12.5 Å². The summed E-state index contributed by atoms with van der Waals surface area (Å²) in [7, 11) is -4.49. The maximum Gasteiger partial charge on any atom is 0.326 e. The number of benzene rings is 2. The van der Waals surface area contributed by atoms with Crippen molar-refractivity contribution in [2.24, 2.45) is 0 Å². The molecule has 0 saturated heterocycles. The summed E-state index contributed by atoms with van der Waals surface area (Å²) >= 11 is 0. The molecular formula is C17H17N3O8S. The zero-order chi connectivity index (χ0) is 21.8. The van der Waals surface area contributed by atoms with Crippen LogP contribution in [0, 0.1) is 27.2 Å². The molecule has 0 N–H and O–H groups in total. The van der Waals surface area contributed by atoms with Crippen LogP contribution in [0.4, 0.5) is 17.1 Å². The van der Waals surface area contributed by atoms with Crippen molar-refractivity contribution in [2.45, 2.75) is 18.7 Å². The van der Waals surface area contributed by atoms with Crippen molar-refractivity contribution in [3.05, 3.63) is 68.3 Å². The van der Waals surface area contributed by atoms with Crippen molar-refractivity contribution in [1.82, 2.24) is 0 Å². The Morgan fingerprint density at radius 2 is 1.69 bits per heavy atom. The normalized spacial score (nSPS) is 11.0. The lowest BCUT2D eigenvalue weighted by molar-refractivity contribution is -0.385. The number of carbonyl (C=O) groups excluding carboxylic acids is 1. The van der Waals surface area contributed by atoms with Crippen LogP contribution in [-0.4, -0.2) is 37.4 Å². The van der Waals surface area contributed by atoms with E-state index in [2.05, 4.69) is 0 Å². The topological polar surface area (TPSA) is 150 Å². The minimum Gasteiger partial charge on any atom is -0.465 e. The molecule has 0 heterocycles. The van der Waals surface area contributed by atoms with Crippen molar-refractivity contribution < 1.29 is 27.8 Å². The smallest absolute Gasteiger partial charge is 0.326 e. The van der Waals surface area contributed by atoms with Crippen molar-refractivity contribution >= 4 is 33.1 Å². The molecule has 0 aliphatic heterocycles. The highest BCUT2D eigenvalue weighted by Gasteiger charge is 2.31. The van der Waals surface area contributed by atoms with E-state index in [1.807, 2.05) is 0 Å². The molecule has 0 atom stereocenters. The summed E-state index contributed by atoms with van der Waals surface area (Å²) in [5.74, 6) is -0.884. The van der Waals surface area contributed by atoms with Gasteiger partial charge in [0.05, 0.1) is 27.0 Å². The first kappa shape index (κ1) is 21.8. The zero-order valence-electron chi connectivity index (χ0n) is 15.5. The molecule has 0 unspecified atom stereocenters. The Bertz CT molecular complexity index is 1070. The number of hydrogen-bond donors (Lipinski definition) is 0. The molecular weight excluding hydrogens is 406 g/mol. The molecule has 0 spiro atoms. The Balaban J connectivity index is 2.66. The number of non-ortho nitro benzene ring substituents is 2. The predicted octanol–water partition coefficient (Wildman–Crippen LogP) is 2.57. The van der Waals surface area contributed by atoms with Gasteiger partial charge in [-0.05, 0) is 25.5 Å². The fourth-order valence-electron chi connectivity index (χ4n) is 2.50. The second-order valence-electron chi connectivity index (χ2n) is 5.80. The lowest BCUT2D eigenvalue weighted by Crippen LogP contribution is -2.37. The van der Waals surface area contributed by atoms with Crippen LogP contribution in [0.25, 0.3) is 0 Å². The molecule has 2 aromatic rings. The minimum absolute atomic E-state index is 0.00249. The van der Waals surface area contributed by atoms with E-state index < -0.39 is 43.0 Å². The maximum atomic E-state index is 13.3. The number of anilines is 1. The Morgan fingerprint density at radius 1 is 1.07 bits per heavy atom. The molecule has 29 heavy (non-hydrogen) atoms. The molecule has 0 amide bonds. The Labute approximate surface area is 165 Å². The molecule has 11 nitrogen and oxygen atoms in total. The Hall–Kier alpha value is -3.54. The number of nitrogens with zero attached hydrogens (tertiary/aromatic N) is 3. The second kappa shape index (κ2) is 8.65. The molecule has 0 saturated carbocycles. The third-order valence-corrected chi connectivity index (χ3v) is 5.77. The number of nitro benzene ring substituents is 2. The summed E-state index contributed by atoms with van der Waals surface area (Å²) in [4.78, 5) is 32.3. The molecule has 154 valence electrons. The molecule has 2 rings (SSSR count). The van der Waals surface area contributed by atoms with Gasteiger partial charge in [0.25, 0.3) is 21.4 Å². The van der Waals surface area contributed by atoms with Gasteiger partial charge in [-0.2, -0.15) is 0 Å². The van der Waals surface area contributed by atoms with Crippen LogP contribution in [0.2, 0.25) is 0 Å². The fourth-order valence-corrected chi connectivity index (χ4v) is 4.15. The molecule has 0 radical (unpaired) electrons. The van der Waals surface area contributed by atoms with Gasteiger partial charge in [0.2, 0.25) is 0 Å². The average molecular weight is 423 g/mol. The summed E-state index contributed by atoms with van der Waals surface area (Å²) in [6.07, 6.45) is 0. The summed E-state index contributed by atoms with van der Waals surface area (Å²) in [5, 5.41) is 22.1. The van der Waals surface area contributed by atoms with E-state index in [4.69, 9.17) is 4.74 Å². The second-order valence-corrected chi connectivity index (χ2v) is 7.63. The molecule has 0 aromatic heterocycles. The van der Waals surface area contributed by atoms with Crippen molar-refractivity contribution in [3.8, 4) is 0 Å². The van der Waals surface area contributed by atoms with Gasteiger partial charge < -0.3 is 4.74 Å². The van der Waals surface area contributed by atoms with Crippen molar-refractivity contribution in [3.63, 3.8) is 0 Å². The predicted molar refractivity (Wildman–Crippen MR) is 102 cm³/mol. The largest absolute Gasteiger partial charge is 0.465 e. The monoisotopic (exact) mass is 423 g/mol. The molecule has 0 fully saturated rings. The fraction of sp³-hybridized carbons (Fsp3) is 0.235. The summed E-state index contributed by atoms with van der Waals surface area (Å²) < 4.78 is 32.0. The average Bonchev–Trinajstić information content (AvgIpc) is 2.66. The van der Waals surface area contributed by atoms with Gasteiger partial charge >= 0.3 is 5.97 Å². The van der Waals surface area contributed by atoms with Crippen molar-refractivity contribution in [2.75, 3.05) is 17.5 Å². The maximum absolute atomic E-state index is 13.3. The summed E-state index contributed by atoms with van der Waals surface area (Å²) in [5.41, 5.74) is -0.792. The summed E-state index contributed by atoms with van der Waals surface area (Å²) in [6.45, 7) is 2.21. The van der Waals surface area contributed by atoms with Gasteiger partial charge in [0, 0.05) is 24.3 Å². The Morgan fingerprint density at radius 3 is 2.28 bits per heavy atom. The number of ether oxygens (including phenoxy) is 1. The summed E-state index contributed by atoms with van der Waals surface area (Å²) in [6, 6.07) is 7.98. The zero-order valence-corrected chi connectivity index (χ0v) is 16.3. The first-order valence-corrected chi connectivity index (χ1v) is 9.69. The highest BCUT2D eigenvalue weighted by Crippen LogP contribution is 2.30. The van der Waals surface area contributed by atoms with E-state index in [1.165, 1.54) is 32.0 Å². The number of sulfonamides is 1. The van der Waals surface area contributed by atoms with Gasteiger partial charge in [-0.25, -0.2) is 8.42 Å². The van der Waals surface area contributed by atoms with Crippen LogP contribution >= 0.6 is 0 Å². The number of carbonyl (C=O) groups is 1. The number of nitro groups is 2. The van der Waals surface area contributed by atoms with Crippen molar-refractivity contribution in [1.29, 1.82) is 0 Å². The quantitative estimate of drug-likeness (QED) is 0.357. The number of aryl methyl sites for hydroxylation is 1. The lowest BCUT2D eigenvalue weighted by atomic mass is 10.2. The third kappa shape index (κ3) is 4.85. The van der Waals surface area contributed by atoms with Crippen LogP contribution in [0.3, 0.4) is 0 Å². The molecule has 0 bridgehead atoms. The van der Waals surface area contributed by atoms with E-state index in [0.29, 0.717) is 4.31 Å². The van der Waals surface area contributed by atoms with Gasteiger partial charge in [-0.1, -0.05) is 12.1 Å². The number of hydrogen-bond acceptors (Lipinski definition) is 8. The number of esters is 1. The minimum atomic E-state index is -4.49. The van der Waals surface area contributed by atoms with Crippen LogP contribution in [0.15, 0.2) is 47.4 Å². The van der Waals surface area contributed by atoms with Crippen LogP contribution in [-0.2, 0) is 19.6 Å². The standard InChI is InChI=1S/C17H17N3O8S/c1-3-28-17(21)11-18(13-5-4-6-14(9-13)19(22)23)29(26,27)16-10-15(20(24)25)8-7-12(16)2/h4-10H,3,11H2,1-2H3. The van der Waals surface area contributed by atoms with Gasteiger partial charge in [-0.15, -0.1) is 0 Å². The molecule has 12 heteroatoms. The van der Waals surface area contributed by atoms with E-state index in [1.54, 1.807) is 0 Å². The molecule has 2 aromatic carbocycles. The SMILES string of the molecule is CCOC(=O)CN(c1cccc([N+](=O)[O-])c1)S(=O)(=O)c1cc([N+](=O)[O-])ccc1C. The first-order valence-electron chi connectivity index (χ1n) is 8.25. The van der Waals surface area contributed by atoms with Gasteiger partial charge in [0.15, 0.2) is 0 Å². The number of rotatable bonds is 8. The van der Waals surface area contributed by atoms with E-state index >= 15 is 0 Å². The highest BCUT2D eigenvalue weighted by atomic mass is 32.2. The molecule has 0 aliphatic rings. The van der Waals surface area contributed by atoms with Gasteiger partial charge in [-0.3, -0.25) is 29.3 Å².